The maximum atomic E-state index is 13.4. The lowest BCUT2D eigenvalue weighted by molar-refractivity contribution is -0.138. The molecular formula is C22H19F3N2O4. The molecule has 0 spiro atoms. The van der Waals surface area contributed by atoms with Gasteiger partial charge in [-0.15, -0.1) is 0 Å². The number of rotatable bonds is 5. The van der Waals surface area contributed by atoms with E-state index in [1.54, 1.807) is 12.1 Å². The Hall–Kier alpha value is -3.07. The van der Waals surface area contributed by atoms with Gasteiger partial charge in [0.1, 0.15) is 13.2 Å². The number of hydrogen-bond acceptors (Lipinski definition) is 5. The highest BCUT2D eigenvalue weighted by Gasteiger charge is 2.41. The minimum Gasteiger partial charge on any atom is -0.486 e. The molecule has 1 amide bonds. The lowest BCUT2D eigenvalue weighted by Crippen LogP contribution is -2.42. The van der Waals surface area contributed by atoms with Crippen LogP contribution in [0.15, 0.2) is 36.4 Å². The summed E-state index contributed by atoms with van der Waals surface area (Å²) in [6.45, 7) is 0.758. The summed E-state index contributed by atoms with van der Waals surface area (Å²) >= 11 is 0. The number of fused-ring (bicyclic) bond motifs is 2. The largest absolute Gasteiger partial charge is 0.486 e. The molecule has 0 bridgehead atoms. The second-order valence-electron chi connectivity index (χ2n) is 7.85. The molecule has 0 saturated heterocycles. The summed E-state index contributed by atoms with van der Waals surface area (Å²) < 4.78 is 51.4. The Bertz CT molecular complexity index is 1070. The molecule has 5 rings (SSSR count). The van der Waals surface area contributed by atoms with Crippen LogP contribution < -0.4 is 14.4 Å². The molecule has 0 N–H and O–H groups in total. The Labute approximate surface area is 176 Å². The van der Waals surface area contributed by atoms with Crippen molar-refractivity contribution in [3.63, 3.8) is 0 Å². The van der Waals surface area contributed by atoms with Gasteiger partial charge in [-0.25, -0.2) is 0 Å². The van der Waals surface area contributed by atoms with Crippen molar-refractivity contribution < 1.29 is 32.2 Å². The number of hydrogen-bond donors (Lipinski definition) is 0. The molecule has 3 aliphatic rings. The van der Waals surface area contributed by atoms with Gasteiger partial charge in [0.2, 0.25) is 0 Å². The number of anilines is 1. The Kier molecular flexibility index (Phi) is 4.65. The summed E-state index contributed by atoms with van der Waals surface area (Å²) in [5, 5.41) is 0. The molecule has 31 heavy (non-hydrogen) atoms. The highest BCUT2D eigenvalue weighted by molar-refractivity contribution is 6.52. The molecule has 0 unspecified atom stereocenters. The molecule has 9 heteroatoms. The molecule has 0 radical (unpaired) electrons. The standard InChI is InChI=1S/C22H19F3N2O4/c23-22(24,25)16-4-2-1-3-13(16)11-26(14-5-6-14)12-27-17-10-19-18(30-7-8-31-19)9-15(17)20(28)21(27)29/h1-4,9-10,14H,5-8,11-12H2. The zero-order chi connectivity index (χ0) is 21.8. The normalized spacial score (nSPS) is 18.0. The van der Waals surface area contributed by atoms with Crippen molar-refractivity contribution in [3.8, 4) is 11.5 Å². The van der Waals surface area contributed by atoms with Crippen LogP contribution in [0.5, 0.6) is 11.5 Å². The number of halogens is 3. The monoisotopic (exact) mass is 432 g/mol. The number of benzene rings is 2. The van der Waals surface area contributed by atoms with Crippen molar-refractivity contribution in [2.45, 2.75) is 31.6 Å². The average molecular weight is 432 g/mol. The highest BCUT2D eigenvalue weighted by atomic mass is 19.4. The number of carbonyl (C=O) groups is 2. The van der Waals surface area contributed by atoms with Crippen molar-refractivity contribution in [2.24, 2.45) is 0 Å². The van der Waals surface area contributed by atoms with Crippen LogP contribution in [0.4, 0.5) is 18.9 Å². The minimum atomic E-state index is -4.46. The number of ketones is 1. The van der Waals surface area contributed by atoms with Crippen LogP contribution in [-0.2, 0) is 17.5 Å². The van der Waals surface area contributed by atoms with E-state index in [0.29, 0.717) is 30.4 Å². The van der Waals surface area contributed by atoms with Gasteiger partial charge in [-0.2, -0.15) is 13.2 Å². The number of alkyl halides is 3. The first-order valence-corrected chi connectivity index (χ1v) is 10.0. The molecule has 1 saturated carbocycles. The lowest BCUT2D eigenvalue weighted by atomic mass is 10.1. The SMILES string of the molecule is O=C1C(=O)N(CN(Cc2ccccc2C(F)(F)F)C2CC2)c2cc3c(cc21)OCCO3. The third kappa shape index (κ3) is 3.63. The zero-order valence-electron chi connectivity index (χ0n) is 16.4. The molecule has 2 aliphatic heterocycles. The Morgan fingerprint density at radius 1 is 1.03 bits per heavy atom. The van der Waals surface area contributed by atoms with E-state index in [0.717, 1.165) is 18.9 Å². The molecule has 2 aromatic carbocycles. The molecule has 2 aromatic rings. The van der Waals surface area contributed by atoms with Crippen LogP contribution in [0, 0.1) is 0 Å². The molecule has 0 atom stereocenters. The number of nitrogens with zero attached hydrogens (tertiary/aromatic N) is 2. The predicted octanol–water partition coefficient (Wildman–Crippen LogP) is 3.63. The van der Waals surface area contributed by atoms with Crippen LogP contribution in [0.1, 0.15) is 34.3 Å². The fourth-order valence-corrected chi connectivity index (χ4v) is 4.04. The number of ether oxygens (including phenoxy) is 2. The van der Waals surface area contributed by atoms with Crippen LogP contribution >= 0.6 is 0 Å². The van der Waals surface area contributed by atoms with Crippen molar-refractivity contribution in [3.05, 3.63) is 53.1 Å². The van der Waals surface area contributed by atoms with Gasteiger partial charge in [0.05, 0.1) is 23.5 Å². The van der Waals surface area contributed by atoms with Gasteiger partial charge in [0.25, 0.3) is 5.78 Å². The summed E-state index contributed by atoms with van der Waals surface area (Å²) in [4.78, 5) is 28.4. The van der Waals surface area contributed by atoms with E-state index in [4.69, 9.17) is 9.47 Å². The zero-order valence-corrected chi connectivity index (χ0v) is 16.4. The summed E-state index contributed by atoms with van der Waals surface area (Å²) in [6, 6.07) is 8.60. The third-order valence-electron chi connectivity index (χ3n) is 5.72. The maximum Gasteiger partial charge on any atom is 0.416 e. The Morgan fingerprint density at radius 2 is 1.71 bits per heavy atom. The summed E-state index contributed by atoms with van der Waals surface area (Å²) in [5.74, 6) is -0.505. The van der Waals surface area contributed by atoms with E-state index in [2.05, 4.69) is 0 Å². The number of carbonyl (C=O) groups excluding carboxylic acids is 2. The van der Waals surface area contributed by atoms with Crippen molar-refractivity contribution in [1.82, 2.24) is 4.90 Å². The lowest BCUT2D eigenvalue weighted by Gasteiger charge is -2.29. The summed E-state index contributed by atoms with van der Waals surface area (Å²) in [6.07, 6.45) is -2.80. The molecule has 6 nitrogen and oxygen atoms in total. The van der Waals surface area contributed by atoms with E-state index in [-0.39, 0.29) is 30.4 Å². The topological polar surface area (TPSA) is 59.1 Å². The summed E-state index contributed by atoms with van der Waals surface area (Å²) in [7, 11) is 0. The molecule has 1 fully saturated rings. The highest BCUT2D eigenvalue weighted by Crippen LogP contribution is 2.41. The second-order valence-corrected chi connectivity index (χ2v) is 7.85. The van der Waals surface area contributed by atoms with E-state index in [9.17, 15) is 22.8 Å². The quantitative estimate of drug-likeness (QED) is 0.676. The van der Waals surface area contributed by atoms with Crippen LogP contribution in [-0.4, -0.2) is 42.5 Å². The molecule has 1 aliphatic carbocycles. The van der Waals surface area contributed by atoms with Crippen LogP contribution in [0.25, 0.3) is 0 Å². The molecule has 0 aromatic heterocycles. The average Bonchev–Trinajstić information content (AvgIpc) is 3.57. The number of Topliss-reactive ketones (excluding diaryl/α,β-unsaturated/α-hetero) is 1. The van der Waals surface area contributed by atoms with E-state index < -0.39 is 23.4 Å². The van der Waals surface area contributed by atoms with E-state index in [1.165, 1.54) is 23.1 Å². The minimum absolute atomic E-state index is 0.0219. The van der Waals surface area contributed by atoms with Crippen LogP contribution in [0.2, 0.25) is 0 Å². The fraction of sp³-hybridized carbons (Fsp3) is 0.364. The van der Waals surface area contributed by atoms with Gasteiger partial charge in [0, 0.05) is 18.7 Å². The van der Waals surface area contributed by atoms with Crippen molar-refractivity contribution >= 4 is 17.4 Å². The van der Waals surface area contributed by atoms with Gasteiger partial charge < -0.3 is 9.47 Å². The first-order chi connectivity index (χ1) is 14.8. The van der Waals surface area contributed by atoms with E-state index >= 15 is 0 Å². The Morgan fingerprint density at radius 3 is 2.39 bits per heavy atom. The van der Waals surface area contributed by atoms with Crippen molar-refractivity contribution in [1.29, 1.82) is 0 Å². The number of amides is 1. The van der Waals surface area contributed by atoms with E-state index in [1.807, 2.05) is 4.90 Å². The predicted molar refractivity (Wildman–Crippen MR) is 104 cm³/mol. The second kappa shape index (κ2) is 7.26. The van der Waals surface area contributed by atoms with Gasteiger partial charge in [-0.05, 0) is 30.5 Å². The molecule has 2 heterocycles. The molecule has 162 valence electrons. The fourth-order valence-electron chi connectivity index (χ4n) is 4.04. The van der Waals surface area contributed by atoms with Crippen LogP contribution in [0.3, 0.4) is 0 Å². The molecular weight excluding hydrogens is 413 g/mol. The Balaban J connectivity index is 1.45. The van der Waals surface area contributed by atoms with Gasteiger partial charge in [-0.1, -0.05) is 18.2 Å². The summed E-state index contributed by atoms with van der Waals surface area (Å²) in [5.41, 5.74) is 0.0708. The first kappa shape index (κ1) is 19.9. The smallest absolute Gasteiger partial charge is 0.416 e. The first-order valence-electron chi connectivity index (χ1n) is 10.0. The van der Waals surface area contributed by atoms with Crippen molar-refractivity contribution in [2.75, 3.05) is 24.8 Å². The van der Waals surface area contributed by atoms with Gasteiger partial charge in [0.15, 0.2) is 11.5 Å². The van der Waals surface area contributed by atoms with Gasteiger partial charge in [-0.3, -0.25) is 19.4 Å². The van der Waals surface area contributed by atoms with Gasteiger partial charge >= 0.3 is 12.1 Å². The third-order valence-corrected chi connectivity index (χ3v) is 5.72. The maximum absolute atomic E-state index is 13.4.